The molecule has 1 aromatic heterocycles. The number of anilines is 1. The lowest BCUT2D eigenvalue weighted by Gasteiger charge is -2.18. The average molecular weight is 442 g/mol. The molecular weight excluding hydrogens is 418 g/mol. The van der Waals surface area contributed by atoms with Crippen molar-refractivity contribution in [3.05, 3.63) is 52.9 Å². The van der Waals surface area contributed by atoms with Crippen LogP contribution in [0.2, 0.25) is 5.02 Å². The maximum absolute atomic E-state index is 12.7. The number of nitrogens with zero attached hydrogens (tertiary/aromatic N) is 3. The number of hydrogen-bond donors (Lipinski definition) is 0. The first kappa shape index (κ1) is 21.2. The van der Waals surface area contributed by atoms with Crippen molar-refractivity contribution in [2.75, 3.05) is 25.2 Å². The molecule has 1 aliphatic rings. The molecule has 1 atom stereocenters. The van der Waals surface area contributed by atoms with Crippen molar-refractivity contribution in [2.24, 2.45) is 0 Å². The van der Waals surface area contributed by atoms with Crippen LogP contribution in [-0.2, 0) is 4.79 Å². The van der Waals surface area contributed by atoms with Crippen molar-refractivity contribution in [3.63, 3.8) is 0 Å². The van der Waals surface area contributed by atoms with Crippen molar-refractivity contribution in [3.8, 4) is 22.9 Å². The van der Waals surface area contributed by atoms with Gasteiger partial charge < -0.3 is 18.9 Å². The van der Waals surface area contributed by atoms with Crippen LogP contribution in [0.1, 0.15) is 37.1 Å². The van der Waals surface area contributed by atoms with Crippen molar-refractivity contribution in [1.29, 1.82) is 0 Å². The Labute approximate surface area is 185 Å². The van der Waals surface area contributed by atoms with Gasteiger partial charge in [-0.25, -0.2) is 0 Å². The van der Waals surface area contributed by atoms with Crippen LogP contribution in [0.3, 0.4) is 0 Å². The molecule has 1 aliphatic heterocycles. The summed E-state index contributed by atoms with van der Waals surface area (Å²) in [5.74, 6) is 2.03. The zero-order chi connectivity index (χ0) is 22.0. The Morgan fingerprint density at radius 2 is 2.06 bits per heavy atom. The van der Waals surface area contributed by atoms with Crippen molar-refractivity contribution in [1.82, 2.24) is 10.1 Å². The zero-order valence-electron chi connectivity index (χ0n) is 17.7. The number of carbonyl (C=O) groups is 1. The molecule has 0 saturated carbocycles. The maximum atomic E-state index is 12.7. The Balaban J connectivity index is 1.53. The van der Waals surface area contributed by atoms with E-state index in [-0.39, 0.29) is 11.8 Å². The van der Waals surface area contributed by atoms with Crippen LogP contribution < -0.4 is 14.4 Å². The minimum Gasteiger partial charge on any atom is -0.493 e. The Morgan fingerprint density at radius 1 is 1.23 bits per heavy atom. The van der Waals surface area contributed by atoms with Gasteiger partial charge in [0.05, 0.1) is 19.6 Å². The molecule has 1 amide bonds. The molecule has 8 heteroatoms. The van der Waals surface area contributed by atoms with Crippen LogP contribution in [0.5, 0.6) is 11.5 Å². The van der Waals surface area contributed by atoms with E-state index in [1.807, 2.05) is 44.2 Å². The topological polar surface area (TPSA) is 77.7 Å². The van der Waals surface area contributed by atoms with Crippen LogP contribution in [-0.4, -0.2) is 36.3 Å². The van der Waals surface area contributed by atoms with E-state index in [1.54, 1.807) is 18.1 Å². The van der Waals surface area contributed by atoms with Crippen molar-refractivity contribution < 1.29 is 18.8 Å². The summed E-state index contributed by atoms with van der Waals surface area (Å²) in [7, 11) is 1.59. The summed E-state index contributed by atoms with van der Waals surface area (Å²) in [4.78, 5) is 19.0. The predicted octanol–water partition coefficient (Wildman–Crippen LogP) is 5.02. The molecule has 0 bridgehead atoms. The molecule has 0 spiro atoms. The van der Waals surface area contributed by atoms with Gasteiger partial charge in [0.2, 0.25) is 17.6 Å². The smallest absolute Gasteiger partial charge is 0.232 e. The number of benzene rings is 2. The Hall–Kier alpha value is -3.06. The minimum absolute atomic E-state index is 0.0225. The van der Waals surface area contributed by atoms with Gasteiger partial charge in [-0.05, 0) is 55.3 Å². The van der Waals surface area contributed by atoms with Gasteiger partial charge in [0.25, 0.3) is 0 Å². The van der Waals surface area contributed by atoms with Crippen LogP contribution >= 0.6 is 11.6 Å². The summed E-state index contributed by atoms with van der Waals surface area (Å²) in [6.45, 7) is 5.08. The third-order valence-electron chi connectivity index (χ3n) is 5.25. The van der Waals surface area contributed by atoms with E-state index in [0.29, 0.717) is 47.8 Å². The van der Waals surface area contributed by atoms with Gasteiger partial charge in [0.15, 0.2) is 11.5 Å². The fourth-order valence-electron chi connectivity index (χ4n) is 3.68. The largest absolute Gasteiger partial charge is 0.493 e. The molecule has 1 unspecified atom stereocenters. The van der Waals surface area contributed by atoms with Crippen LogP contribution in [0.4, 0.5) is 5.69 Å². The maximum Gasteiger partial charge on any atom is 0.232 e. The Kier molecular flexibility index (Phi) is 6.13. The number of amides is 1. The standard InChI is InChI=1S/C23H24ClN3O4/c1-4-9-30-19-8-5-15(11-20(19)29-3)22-25-23(31-26-22)16-12-21(28)27(13-16)18-7-6-17(24)10-14(18)2/h5-8,10-11,16H,4,9,12-13H2,1-3H3. The molecule has 1 fully saturated rings. The van der Waals surface area contributed by atoms with Crippen LogP contribution in [0.25, 0.3) is 11.4 Å². The van der Waals surface area contributed by atoms with Gasteiger partial charge in [0.1, 0.15) is 0 Å². The molecular formula is C23H24ClN3O4. The van der Waals surface area contributed by atoms with Crippen molar-refractivity contribution in [2.45, 2.75) is 32.6 Å². The molecule has 2 heterocycles. The number of methoxy groups -OCH3 is 1. The molecule has 2 aromatic carbocycles. The second kappa shape index (κ2) is 8.98. The Morgan fingerprint density at radius 3 is 2.81 bits per heavy atom. The fraction of sp³-hybridized carbons (Fsp3) is 0.348. The third-order valence-corrected chi connectivity index (χ3v) is 5.48. The van der Waals surface area contributed by atoms with Gasteiger partial charge in [-0.2, -0.15) is 4.98 Å². The lowest BCUT2D eigenvalue weighted by molar-refractivity contribution is -0.117. The molecule has 7 nitrogen and oxygen atoms in total. The van der Waals surface area contributed by atoms with Gasteiger partial charge in [-0.3, -0.25) is 4.79 Å². The fourth-order valence-corrected chi connectivity index (χ4v) is 3.91. The van der Waals surface area contributed by atoms with Crippen LogP contribution in [0.15, 0.2) is 40.9 Å². The molecule has 4 rings (SSSR count). The number of carbonyl (C=O) groups excluding carboxylic acids is 1. The summed E-state index contributed by atoms with van der Waals surface area (Å²) >= 11 is 6.05. The van der Waals surface area contributed by atoms with E-state index in [2.05, 4.69) is 10.1 Å². The van der Waals surface area contributed by atoms with Crippen molar-refractivity contribution >= 4 is 23.2 Å². The van der Waals surface area contributed by atoms with E-state index in [4.69, 9.17) is 25.6 Å². The summed E-state index contributed by atoms with van der Waals surface area (Å²) in [5, 5.41) is 4.77. The molecule has 31 heavy (non-hydrogen) atoms. The molecule has 3 aromatic rings. The second-order valence-electron chi connectivity index (χ2n) is 7.51. The minimum atomic E-state index is -0.169. The lowest BCUT2D eigenvalue weighted by atomic mass is 10.1. The van der Waals surface area contributed by atoms with Crippen LogP contribution in [0, 0.1) is 6.92 Å². The highest BCUT2D eigenvalue weighted by atomic mass is 35.5. The molecule has 162 valence electrons. The first-order valence-corrected chi connectivity index (χ1v) is 10.6. The van der Waals surface area contributed by atoms with E-state index in [1.165, 1.54) is 0 Å². The SMILES string of the molecule is CCCOc1ccc(-c2noc(C3CC(=O)N(c4ccc(Cl)cc4C)C3)n2)cc1OC. The second-order valence-corrected chi connectivity index (χ2v) is 7.94. The van der Waals surface area contributed by atoms with E-state index in [0.717, 1.165) is 23.2 Å². The van der Waals surface area contributed by atoms with E-state index >= 15 is 0 Å². The third kappa shape index (κ3) is 4.37. The number of aryl methyl sites for hydroxylation is 1. The molecule has 1 saturated heterocycles. The lowest BCUT2D eigenvalue weighted by Crippen LogP contribution is -2.25. The summed E-state index contributed by atoms with van der Waals surface area (Å²) in [6.07, 6.45) is 1.22. The monoisotopic (exact) mass is 441 g/mol. The number of ether oxygens (including phenoxy) is 2. The molecule has 0 radical (unpaired) electrons. The van der Waals surface area contributed by atoms with E-state index in [9.17, 15) is 4.79 Å². The first-order chi connectivity index (χ1) is 15.0. The highest BCUT2D eigenvalue weighted by molar-refractivity contribution is 6.30. The summed E-state index contributed by atoms with van der Waals surface area (Å²) in [6, 6.07) is 11.0. The first-order valence-electron chi connectivity index (χ1n) is 10.2. The number of halogens is 1. The Bertz CT molecular complexity index is 1100. The molecule has 0 aliphatic carbocycles. The number of aromatic nitrogens is 2. The normalized spacial score (nSPS) is 16.1. The molecule has 0 N–H and O–H groups in total. The van der Waals surface area contributed by atoms with Gasteiger partial charge in [-0.1, -0.05) is 23.7 Å². The average Bonchev–Trinajstić information content (AvgIpc) is 3.39. The van der Waals surface area contributed by atoms with E-state index < -0.39 is 0 Å². The van der Waals surface area contributed by atoms with Gasteiger partial charge in [0, 0.05) is 29.2 Å². The highest BCUT2D eigenvalue weighted by Crippen LogP contribution is 2.35. The zero-order valence-corrected chi connectivity index (χ0v) is 18.5. The highest BCUT2D eigenvalue weighted by Gasteiger charge is 2.35. The number of rotatable bonds is 7. The predicted molar refractivity (Wildman–Crippen MR) is 118 cm³/mol. The quantitative estimate of drug-likeness (QED) is 0.512. The van der Waals surface area contributed by atoms with Gasteiger partial charge in [-0.15, -0.1) is 0 Å². The summed E-state index contributed by atoms with van der Waals surface area (Å²) < 4.78 is 16.7. The summed E-state index contributed by atoms with van der Waals surface area (Å²) in [5.41, 5.74) is 2.56. The van der Waals surface area contributed by atoms with Gasteiger partial charge >= 0.3 is 0 Å². The number of hydrogen-bond acceptors (Lipinski definition) is 6.